The molecule has 0 radical (unpaired) electrons. The number of carbonyl (C=O) groups is 1. The molecule has 7 heteroatoms. The van der Waals surface area contributed by atoms with Crippen LogP contribution in [-0.4, -0.2) is 55.3 Å². The van der Waals surface area contributed by atoms with E-state index >= 15 is 0 Å². The lowest BCUT2D eigenvalue weighted by molar-refractivity contribution is 0.102. The molecule has 2 aliphatic heterocycles. The Morgan fingerprint density at radius 1 is 1.00 bits per heavy atom. The van der Waals surface area contributed by atoms with Crippen molar-refractivity contribution in [1.29, 1.82) is 0 Å². The fourth-order valence-electron chi connectivity index (χ4n) is 3.75. The minimum Gasteiger partial charge on any atom is -0.378 e. The van der Waals surface area contributed by atoms with E-state index in [0.717, 1.165) is 56.1 Å². The van der Waals surface area contributed by atoms with Crippen molar-refractivity contribution in [3.63, 3.8) is 0 Å². The van der Waals surface area contributed by atoms with Gasteiger partial charge in [0.25, 0.3) is 5.91 Å². The second-order valence-corrected chi connectivity index (χ2v) is 7.31. The van der Waals surface area contributed by atoms with Crippen molar-refractivity contribution >= 4 is 23.2 Å². The van der Waals surface area contributed by atoms with Gasteiger partial charge in [-0.2, -0.15) is 0 Å². The standard InChI is InChI=1S/C21H27N5O2/c1-16-15-18(24-21(22-16)26-9-5-2-6-10-26)20(27)23-17-7-3-4-8-19(17)25-11-13-28-14-12-25/h3-4,7-8,15H,2,5-6,9-14H2,1H3,(H,23,27). The molecule has 2 fully saturated rings. The number of amides is 1. The molecule has 0 bridgehead atoms. The summed E-state index contributed by atoms with van der Waals surface area (Å²) >= 11 is 0. The van der Waals surface area contributed by atoms with Gasteiger partial charge in [0.2, 0.25) is 5.95 Å². The number of rotatable bonds is 4. The van der Waals surface area contributed by atoms with Gasteiger partial charge in [-0.1, -0.05) is 12.1 Å². The molecule has 1 aromatic heterocycles. The summed E-state index contributed by atoms with van der Waals surface area (Å²) in [5.41, 5.74) is 3.03. The van der Waals surface area contributed by atoms with Crippen LogP contribution < -0.4 is 15.1 Å². The zero-order chi connectivity index (χ0) is 19.3. The maximum atomic E-state index is 13.0. The lowest BCUT2D eigenvalue weighted by atomic mass is 10.1. The highest BCUT2D eigenvalue weighted by Gasteiger charge is 2.19. The molecule has 28 heavy (non-hydrogen) atoms. The molecule has 1 aromatic carbocycles. The second kappa shape index (κ2) is 8.56. The number of hydrogen-bond acceptors (Lipinski definition) is 6. The molecule has 148 valence electrons. The van der Waals surface area contributed by atoms with Gasteiger partial charge in [0.05, 0.1) is 24.6 Å². The number of nitrogens with one attached hydrogen (secondary N) is 1. The average molecular weight is 381 g/mol. The second-order valence-electron chi connectivity index (χ2n) is 7.31. The van der Waals surface area contributed by atoms with E-state index in [4.69, 9.17) is 4.74 Å². The molecule has 2 aliphatic rings. The smallest absolute Gasteiger partial charge is 0.274 e. The first-order valence-electron chi connectivity index (χ1n) is 10.0. The molecular formula is C21H27N5O2. The summed E-state index contributed by atoms with van der Waals surface area (Å²) < 4.78 is 5.44. The third-order valence-electron chi connectivity index (χ3n) is 5.22. The minimum absolute atomic E-state index is 0.204. The van der Waals surface area contributed by atoms with Crippen LogP contribution in [0.1, 0.15) is 35.4 Å². The molecule has 2 saturated heterocycles. The summed E-state index contributed by atoms with van der Waals surface area (Å²) in [4.78, 5) is 26.5. The number of anilines is 3. The Hall–Kier alpha value is -2.67. The van der Waals surface area contributed by atoms with Crippen LogP contribution in [0.3, 0.4) is 0 Å². The fourth-order valence-corrected chi connectivity index (χ4v) is 3.75. The van der Waals surface area contributed by atoms with Gasteiger partial charge in [0, 0.05) is 31.9 Å². The van der Waals surface area contributed by atoms with Crippen molar-refractivity contribution in [2.75, 3.05) is 54.5 Å². The molecule has 1 amide bonds. The van der Waals surface area contributed by atoms with Gasteiger partial charge in [0.15, 0.2) is 0 Å². The van der Waals surface area contributed by atoms with Crippen molar-refractivity contribution in [2.24, 2.45) is 0 Å². The van der Waals surface area contributed by atoms with Crippen LogP contribution in [-0.2, 0) is 4.74 Å². The molecule has 3 heterocycles. The Morgan fingerprint density at radius 2 is 1.75 bits per heavy atom. The van der Waals surface area contributed by atoms with Gasteiger partial charge in [-0.15, -0.1) is 0 Å². The van der Waals surface area contributed by atoms with E-state index in [1.54, 1.807) is 6.07 Å². The van der Waals surface area contributed by atoms with Gasteiger partial charge >= 0.3 is 0 Å². The minimum atomic E-state index is -0.204. The molecular weight excluding hydrogens is 354 g/mol. The third kappa shape index (κ3) is 4.25. The fraction of sp³-hybridized carbons (Fsp3) is 0.476. The Morgan fingerprint density at radius 3 is 2.54 bits per heavy atom. The maximum absolute atomic E-state index is 13.0. The summed E-state index contributed by atoms with van der Waals surface area (Å²) in [5.74, 6) is 0.454. The van der Waals surface area contributed by atoms with Gasteiger partial charge < -0.3 is 19.9 Å². The Balaban J connectivity index is 1.55. The summed E-state index contributed by atoms with van der Waals surface area (Å²) in [6, 6.07) is 9.64. The van der Waals surface area contributed by atoms with E-state index in [1.807, 2.05) is 31.2 Å². The normalized spacial score (nSPS) is 17.5. The molecule has 0 spiro atoms. The van der Waals surface area contributed by atoms with Gasteiger partial charge in [-0.05, 0) is 44.4 Å². The summed E-state index contributed by atoms with van der Waals surface area (Å²) in [5, 5.41) is 3.05. The van der Waals surface area contributed by atoms with Crippen LogP contribution >= 0.6 is 0 Å². The molecule has 7 nitrogen and oxygen atoms in total. The predicted octanol–water partition coefficient (Wildman–Crippen LogP) is 2.86. The zero-order valence-electron chi connectivity index (χ0n) is 16.4. The van der Waals surface area contributed by atoms with Crippen LogP contribution in [0.25, 0.3) is 0 Å². The number of ether oxygens (including phenoxy) is 1. The molecule has 1 N–H and O–H groups in total. The summed E-state index contributed by atoms with van der Waals surface area (Å²) in [7, 11) is 0. The third-order valence-corrected chi connectivity index (χ3v) is 5.22. The highest BCUT2D eigenvalue weighted by molar-refractivity contribution is 6.04. The van der Waals surface area contributed by atoms with Gasteiger partial charge in [-0.3, -0.25) is 4.79 Å². The highest BCUT2D eigenvalue weighted by Crippen LogP contribution is 2.27. The van der Waals surface area contributed by atoms with E-state index in [2.05, 4.69) is 25.1 Å². The monoisotopic (exact) mass is 381 g/mol. The van der Waals surface area contributed by atoms with Crippen molar-refractivity contribution in [2.45, 2.75) is 26.2 Å². The number of piperidine rings is 1. The predicted molar refractivity (Wildman–Crippen MR) is 110 cm³/mol. The van der Waals surface area contributed by atoms with Crippen LogP contribution in [0, 0.1) is 6.92 Å². The Bertz CT molecular complexity index is 829. The van der Waals surface area contributed by atoms with Crippen molar-refractivity contribution in [3.05, 3.63) is 41.7 Å². The SMILES string of the molecule is Cc1cc(C(=O)Nc2ccccc2N2CCOCC2)nc(N2CCCCC2)n1. The number of morpholine rings is 1. The Kier molecular flexibility index (Phi) is 5.71. The number of aryl methyl sites for hydroxylation is 1. The van der Waals surface area contributed by atoms with Crippen molar-refractivity contribution in [3.8, 4) is 0 Å². The van der Waals surface area contributed by atoms with Gasteiger partial charge in [-0.25, -0.2) is 9.97 Å². The van der Waals surface area contributed by atoms with E-state index < -0.39 is 0 Å². The number of benzene rings is 1. The van der Waals surface area contributed by atoms with E-state index in [9.17, 15) is 4.79 Å². The topological polar surface area (TPSA) is 70.6 Å². The van der Waals surface area contributed by atoms with Crippen molar-refractivity contribution < 1.29 is 9.53 Å². The molecule has 0 unspecified atom stereocenters. The Labute approximate surface area is 165 Å². The first-order chi connectivity index (χ1) is 13.7. The largest absolute Gasteiger partial charge is 0.378 e. The number of para-hydroxylation sites is 2. The molecule has 0 aliphatic carbocycles. The molecule has 0 saturated carbocycles. The van der Waals surface area contributed by atoms with E-state index in [-0.39, 0.29) is 5.91 Å². The van der Waals surface area contributed by atoms with Gasteiger partial charge in [0.1, 0.15) is 5.69 Å². The molecule has 0 atom stereocenters. The zero-order valence-corrected chi connectivity index (χ0v) is 16.4. The van der Waals surface area contributed by atoms with Crippen molar-refractivity contribution in [1.82, 2.24) is 9.97 Å². The lowest BCUT2D eigenvalue weighted by Gasteiger charge is -2.30. The summed E-state index contributed by atoms with van der Waals surface area (Å²) in [6.07, 6.45) is 3.53. The maximum Gasteiger partial charge on any atom is 0.274 e. The average Bonchev–Trinajstić information content (AvgIpc) is 2.75. The summed E-state index contributed by atoms with van der Waals surface area (Å²) in [6.45, 7) is 6.85. The van der Waals surface area contributed by atoms with Crippen LogP contribution in [0.15, 0.2) is 30.3 Å². The first kappa shape index (κ1) is 18.7. The number of aromatic nitrogens is 2. The van der Waals surface area contributed by atoms with E-state index in [0.29, 0.717) is 24.9 Å². The number of nitrogens with zero attached hydrogens (tertiary/aromatic N) is 4. The molecule has 2 aromatic rings. The number of carbonyl (C=O) groups excluding carboxylic acids is 1. The van der Waals surface area contributed by atoms with Crippen LogP contribution in [0.5, 0.6) is 0 Å². The number of hydrogen-bond donors (Lipinski definition) is 1. The van der Waals surface area contributed by atoms with Crippen LogP contribution in [0.2, 0.25) is 0 Å². The quantitative estimate of drug-likeness (QED) is 0.878. The molecule has 4 rings (SSSR count). The lowest BCUT2D eigenvalue weighted by Crippen LogP contribution is -2.36. The highest BCUT2D eigenvalue weighted by atomic mass is 16.5. The van der Waals surface area contributed by atoms with Crippen LogP contribution in [0.4, 0.5) is 17.3 Å². The first-order valence-corrected chi connectivity index (χ1v) is 10.0. The van der Waals surface area contributed by atoms with E-state index in [1.165, 1.54) is 6.42 Å².